The molecule has 0 aliphatic heterocycles. The summed E-state index contributed by atoms with van der Waals surface area (Å²) in [5.41, 5.74) is 4.32. The summed E-state index contributed by atoms with van der Waals surface area (Å²) in [6, 6.07) is 15.9. The predicted octanol–water partition coefficient (Wildman–Crippen LogP) is 6.74. The second-order valence-corrected chi connectivity index (χ2v) is 8.78. The average Bonchev–Trinajstić information content (AvgIpc) is 2.93. The molecule has 0 saturated heterocycles. The van der Waals surface area contributed by atoms with Gasteiger partial charge in [0.2, 0.25) is 0 Å². The molecule has 0 aliphatic carbocycles. The number of nitrogens with zero attached hydrogens (tertiary/aromatic N) is 4. The summed E-state index contributed by atoms with van der Waals surface area (Å²) >= 11 is 0. The highest BCUT2D eigenvalue weighted by Crippen LogP contribution is 2.21. The molecule has 0 saturated carbocycles. The van der Waals surface area contributed by atoms with Crippen molar-refractivity contribution in [3.8, 4) is 34.3 Å². The van der Waals surface area contributed by atoms with E-state index in [-0.39, 0.29) is 0 Å². The number of hydrogen-bond acceptors (Lipinski definition) is 6. The van der Waals surface area contributed by atoms with Gasteiger partial charge in [-0.1, -0.05) is 26.7 Å². The Labute approximate surface area is 213 Å². The molecule has 0 bridgehead atoms. The van der Waals surface area contributed by atoms with Gasteiger partial charge < -0.3 is 9.47 Å². The van der Waals surface area contributed by atoms with Crippen LogP contribution in [-0.2, 0) is 12.8 Å². The summed E-state index contributed by atoms with van der Waals surface area (Å²) in [6.07, 6.45) is 13.7. The van der Waals surface area contributed by atoms with E-state index >= 15 is 0 Å². The van der Waals surface area contributed by atoms with E-state index in [2.05, 4.69) is 33.8 Å². The molecule has 0 amide bonds. The Balaban J connectivity index is 1.15. The van der Waals surface area contributed by atoms with Crippen molar-refractivity contribution in [1.29, 1.82) is 0 Å². The van der Waals surface area contributed by atoms with E-state index in [4.69, 9.17) is 9.47 Å². The first kappa shape index (κ1) is 25.3. The largest absolute Gasteiger partial charge is 0.494 e. The first-order valence-electron chi connectivity index (χ1n) is 12.8. The third-order valence-electron chi connectivity index (χ3n) is 5.79. The topological polar surface area (TPSA) is 70.0 Å². The minimum Gasteiger partial charge on any atom is -0.494 e. The van der Waals surface area contributed by atoms with Crippen molar-refractivity contribution in [2.45, 2.75) is 52.4 Å². The first-order chi connectivity index (χ1) is 17.7. The molecular formula is C30H34N4O2. The van der Waals surface area contributed by atoms with E-state index in [9.17, 15) is 0 Å². The molecular weight excluding hydrogens is 448 g/mol. The number of aryl methyl sites for hydroxylation is 2. The van der Waals surface area contributed by atoms with Gasteiger partial charge in [-0.25, -0.2) is 19.9 Å². The van der Waals surface area contributed by atoms with E-state index < -0.39 is 0 Å². The number of unbranched alkanes of at least 4 members (excludes halogenated alkanes) is 1. The molecule has 6 nitrogen and oxygen atoms in total. The van der Waals surface area contributed by atoms with E-state index in [1.807, 2.05) is 73.3 Å². The number of benzene rings is 2. The molecule has 4 rings (SSSR count). The monoisotopic (exact) mass is 482 g/mol. The fourth-order valence-corrected chi connectivity index (χ4v) is 3.83. The Morgan fingerprint density at radius 1 is 0.528 bits per heavy atom. The van der Waals surface area contributed by atoms with Crippen molar-refractivity contribution in [2.24, 2.45) is 0 Å². The Morgan fingerprint density at radius 2 is 0.889 bits per heavy atom. The van der Waals surface area contributed by atoms with Gasteiger partial charge in [-0.3, -0.25) is 0 Å². The SMILES string of the molecule is CCCc1cnc(-c2ccc(OCCCCOc3ccc(-c4ncc(CCC)cn4)cc3)cc2)nc1. The maximum Gasteiger partial charge on any atom is 0.159 e. The predicted molar refractivity (Wildman–Crippen MR) is 143 cm³/mol. The molecule has 0 atom stereocenters. The van der Waals surface area contributed by atoms with Gasteiger partial charge in [0.1, 0.15) is 11.5 Å². The number of hydrogen-bond donors (Lipinski definition) is 0. The minimum atomic E-state index is 0.648. The zero-order valence-electron chi connectivity index (χ0n) is 21.2. The van der Waals surface area contributed by atoms with Crippen LogP contribution in [0.25, 0.3) is 22.8 Å². The highest BCUT2D eigenvalue weighted by molar-refractivity contribution is 5.56. The van der Waals surface area contributed by atoms with Gasteiger partial charge in [-0.15, -0.1) is 0 Å². The van der Waals surface area contributed by atoms with Gasteiger partial charge in [-0.2, -0.15) is 0 Å². The lowest BCUT2D eigenvalue weighted by molar-refractivity contribution is 0.266. The van der Waals surface area contributed by atoms with Crippen LogP contribution in [0.1, 0.15) is 50.7 Å². The van der Waals surface area contributed by atoms with Crippen molar-refractivity contribution in [3.05, 3.63) is 84.4 Å². The van der Waals surface area contributed by atoms with E-state index in [0.29, 0.717) is 13.2 Å². The zero-order chi connectivity index (χ0) is 25.0. The third kappa shape index (κ3) is 7.35. The van der Waals surface area contributed by atoms with Crippen LogP contribution in [0.5, 0.6) is 11.5 Å². The number of ether oxygens (including phenoxy) is 2. The highest BCUT2D eigenvalue weighted by Gasteiger charge is 2.04. The van der Waals surface area contributed by atoms with Gasteiger partial charge in [0.25, 0.3) is 0 Å². The standard InChI is InChI=1S/C30H34N4O2/c1-3-7-23-19-31-29(32-20-23)25-9-13-27(14-10-25)35-17-5-6-18-36-28-15-11-26(12-16-28)30-33-21-24(8-4-2)22-34-30/h9-16,19-22H,3-8,17-18H2,1-2H3. The second kappa shape index (κ2) is 13.3. The summed E-state index contributed by atoms with van der Waals surface area (Å²) in [7, 11) is 0. The van der Waals surface area contributed by atoms with Crippen molar-refractivity contribution in [1.82, 2.24) is 19.9 Å². The molecule has 4 aromatic rings. The molecule has 0 aliphatic rings. The van der Waals surface area contributed by atoms with E-state index in [1.165, 1.54) is 11.1 Å². The third-order valence-corrected chi connectivity index (χ3v) is 5.79. The van der Waals surface area contributed by atoms with E-state index in [1.54, 1.807) is 0 Å². The summed E-state index contributed by atoms with van der Waals surface area (Å²) in [5, 5.41) is 0. The molecule has 0 unspecified atom stereocenters. The molecule has 2 heterocycles. The van der Waals surface area contributed by atoms with Crippen LogP contribution >= 0.6 is 0 Å². The Kier molecular flexibility index (Phi) is 9.37. The minimum absolute atomic E-state index is 0.648. The lowest BCUT2D eigenvalue weighted by Crippen LogP contribution is -2.02. The summed E-state index contributed by atoms with van der Waals surface area (Å²) < 4.78 is 11.8. The highest BCUT2D eigenvalue weighted by atomic mass is 16.5. The molecule has 0 spiro atoms. The van der Waals surface area contributed by atoms with E-state index in [0.717, 1.165) is 72.8 Å². The van der Waals surface area contributed by atoms with Crippen molar-refractivity contribution in [3.63, 3.8) is 0 Å². The molecule has 36 heavy (non-hydrogen) atoms. The summed E-state index contributed by atoms with van der Waals surface area (Å²) in [4.78, 5) is 17.9. The molecule has 2 aromatic carbocycles. The fraction of sp³-hybridized carbons (Fsp3) is 0.333. The Hall–Kier alpha value is -3.80. The molecule has 0 N–H and O–H groups in total. The Morgan fingerprint density at radius 3 is 1.22 bits per heavy atom. The average molecular weight is 483 g/mol. The van der Waals surface area contributed by atoms with Gasteiger partial charge in [0, 0.05) is 35.9 Å². The Bertz CT molecular complexity index is 1080. The summed E-state index contributed by atoms with van der Waals surface area (Å²) in [5.74, 6) is 3.18. The van der Waals surface area contributed by atoms with Gasteiger partial charge >= 0.3 is 0 Å². The number of aromatic nitrogens is 4. The normalized spacial score (nSPS) is 10.8. The van der Waals surface area contributed by atoms with Crippen LogP contribution in [0.4, 0.5) is 0 Å². The van der Waals surface area contributed by atoms with Crippen molar-refractivity contribution < 1.29 is 9.47 Å². The van der Waals surface area contributed by atoms with Crippen molar-refractivity contribution >= 4 is 0 Å². The van der Waals surface area contributed by atoms with Crippen LogP contribution in [0.15, 0.2) is 73.3 Å². The quantitative estimate of drug-likeness (QED) is 0.196. The van der Waals surface area contributed by atoms with Crippen LogP contribution in [0, 0.1) is 0 Å². The van der Waals surface area contributed by atoms with Gasteiger partial charge in [0.15, 0.2) is 11.6 Å². The van der Waals surface area contributed by atoms with Gasteiger partial charge in [0.05, 0.1) is 13.2 Å². The van der Waals surface area contributed by atoms with Crippen LogP contribution in [0.3, 0.4) is 0 Å². The molecule has 186 valence electrons. The smallest absolute Gasteiger partial charge is 0.159 e. The molecule has 6 heteroatoms. The molecule has 0 fully saturated rings. The maximum absolute atomic E-state index is 5.88. The fourth-order valence-electron chi connectivity index (χ4n) is 3.83. The number of rotatable bonds is 13. The lowest BCUT2D eigenvalue weighted by atomic mass is 10.2. The zero-order valence-corrected chi connectivity index (χ0v) is 21.2. The van der Waals surface area contributed by atoms with Crippen LogP contribution < -0.4 is 9.47 Å². The molecule has 0 radical (unpaired) electrons. The first-order valence-corrected chi connectivity index (χ1v) is 12.8. The van der Waals surface area contributed by atoms with Crippen molar-refractivity contribution in [2.75, 3.05) is 13.2 Å². The molecule has 2 aromatic heterocycles. The second-order valence-electron chi connectivity index (χ2n) is 8.78. The van der Waals surface area contributed by atoms with Crippen LogP contribution in [-0.4, -0.2) is 33.1 Å². The lowest BCUT2D eigenvalue weighted by Gasteiger charge is -2.09. The summed E-state index contributed by atoms with van der Waals surface area (Å²) in [6.45, 7) is 5.61. The maximum atomic E-state index is 5.88. The van der Waals surface area contributed by atoms with Crippen LogP contribution in [0.2, 0.25) is 0 Å². The van der Waals surface area contributed by atoms with Gasteiger partial charge in [-0.05, 0) is 85.3 Å².